The van der Waals surface area contributed by atoms with E-state index in [4.69, 9.17) is 9.47 Å². The molecule has 7 aromatic rings. The van der Waals surface area contributed by atoms with Crippen molar-refractivity contribution in [1.29, 1.82) is 0 Å². The van der Waals surface area contributed by atoms with E-state index in [0.717, 1.165) is 92.3 Å². The zero-order valence-electron chi connectivity index (χ0n) is 56.8. The molecule has 1 fully saturated rings. The second-order valence-corrected chi connectivity index (χ2v) is 26.2. The molecule has 0 bridgehead atoms. The van der Waals surface area contributed by atoms with E-state index in [2.05, 4.69) is 176 Å². The van der Waals surface area contributed by atoms with Crippen LogP contribution < -0.4 is 14.7 Å². The van der Waals surface area contributed by atoms with Gasteiger partial charge in [0.05, 0.1) is 18.1 Å². The quantitative estimate of drug-likeness (QED) is 0.0271. The van der Waals surface area contributed by atoms with Gasteiger partial charge in [-0.15, -0.1) is 0 Å². The van der Waals surface area contributed by atoms with Crippen molar-refractivity contribution in [2.24, 2.45) is 23.7 Å². The molecule has 8 rings (SSSR count). The predicted octanol–water partition coefficient (Wildman–Crippen LogP) is 20.5. The van der Waals surface area contributed by atoms with Crippen molar-refractivity contribution in [1.82, 2.24) is 15.0 Å². The molecule has 0 radical (unpaired) electrons. The normalized spacial score (nSPS) is 13.9. The van der Waals surface area contributed by atoms with Gasteiger partial charge in [-0.25, -0.2) is 0 Å². The standard InChI is InChI=1S/C80H109N7O4/c1-9-17-21-61(13-5)47-68-25-30-76(85(56-66-35-41-82-42-36-66)60-74-53-78(87(88)89)32-27-70(74)49-63(15-7)23-19-11-3)51-72(68)58-84(55-65-33-39-81-40-34-65)75-29-26-69(48-62(14-6)22-18-10-2)73(52-75)59-86(57-67-37-43-83-44-38-67)77-31-28-71(50-64(16-8)24-20-12-4)79(54-77)80-90-45-46-91-80/h25-44,51-54,61-64,80H,9-24,45-50,55-60H2,1-8H3. The predicted molar refractivity (Wildman–Crippen MR) is 377 cm³/mol. The van der Waals surface area contributed by atoms with E-state index in [-0.39, 0.29) is 16.9 Å². The van der Waals surface area contributed by atoms with Crippen molar-refractivity contribution in [2.45, 2.75) is 229 Å². The Morgan fingerprint density at radius 1 is 0.407 bits per heavy atom. The van der Waals surface area contributed by atoms with Gasteiger partial charge in [-0.05, 0) is 178 Å². The summed E-state index contributed by atoms with van der Waals surface area (Å²) in [5.74, 6) is 2.22. The molecule has 0 amide bonds. The fourth-order valence-corrected chi connectivity index (χ4v) is 13.6. The average Bonchev–Trinajstić information content (AvgIpc) is 1.48. The van der Waals surface area contributed by atoms with Crippen LogP contribution in [0.4, 0.5) is 22.7 Å². The summed E-state index contributed by atoms with van der Waals surface area (Å²) in [5, 5.41) is 12.6. The maximum Gasteiger partial charge on any atom is 0.269 e. The minimum absolute atomic E-state index is 0.135. The van der Waals surface area contributed by atoms with Gasteiger partial charge >= 0.3 is 0 Å². The highest BCUT2D eigenvalue weighted by molar-refractivity contribution is 5.59. The molecule has 4 heterocycles. The van der Waals surface area contributed by atoms with Crippen LogP contribution in [0.5, 0.6) is 0 Å². The molecule has 0 N–H and O–H groups in total. The van der Waals surface area contributed by atoms with Gasteiger partial charge in [-0.3, -0.25) is 25.1 Å². The lowest BCUT2D eigenvalue weighted by molar-refractivity contribution is -0.384. The van der Waals surface area contributed by atoms with Crippen molar-refractivity contribution in [3.63, 3.8) is 0 Å². The third-order valence-electron chi connectivity index (χ3n) is 19.5. The van der Waals surface area contributed by atoms with E-state index >= 15 is 0 Å². The number of unbranched alkanes of at least 4 members (excludes halogenated alkanes) is 4. The minimum atomic E-state index is -0.387. The Kier molecular flexibility index (Phi) is 28.8. The molecule has 0 spiro atoms. The summed E-state index contributed by atoms with van der Waals surface area (Å²) in [6.45, 7) is 23.6. The number of nitro benzene ring substituents is 1. The summed E-state index contributed by atoms with van der Waals surface area (Å²) < 4.78 is 12.8. The maximum absolute atomic E-state index is 12.6. The summed E-state index contributed by atoms with van der Waals surface area (Å²) in [6, 6.07) is 40.2. The van der Waals surface area contributed by atoms with Crippen LogP contribution >= 0.6 is 0 Å². The van der Waals surface area contributed by atoms with Crippen LogP contribution in [0, 0.1) is 33.8 Å². The van der Waals surface area contributed by atoms with E-state index in [9.17, 15) is 10.1 Å². The number of anilines is 3. The fourth-order valence-electron chi connectivity index (χ4n) is 13.6. The van der Waals surface area contributed by atoms with Crippen LogP contribution in [0.15, 0.2) is 146 Å². The average molecular weight is 1230 g/mol. The number of benzene rings is 4. The molecule has 11 nitrogen and oxygen atoms in total. The van der Waals surface area contributed by atoms with Gasteiger partial charge in [0.2, 0.25) is 0 Å². The lowest BCUT2D eigenvalue weighted by Crippen LogP contribution is -2.27. The summed E-state index contributed by atoms with van der Waals surface area (Å²) in [6.07, 6.45) is 33.8. The first-order valence-corrected chi connectivity index (χ1v) is 35.3. The number of aromatic nitrogens is 3. The van der Waals surface area contributed by atoms with Crippen LogP contribution in [0.25, 0.3) is 0 Å². The minimum Gasteiger partial charge on any atom is -0.363 e. The number of hydrogen-bond donors (Lipinski definition) is 0. The Balaban J connectivity index is 1.27. The van der Waals surface area contributed by atoms with Gasteiger partial charge in [0.15, 0.2) is 6.29 Å². The highest BCUT2D eigenvalue weighted by atomic mass is 16.7. The molecular weight excluding hydrogens is 1120 g/mol. The second kappa shape index (κ2) is 37.5. The molecule has 4 atom stereocenters. The molecular formula is C80H109N7O4. The summed E-state index contributed by atoms with van der Waals surface area (Å²) in [5.41, 5.74) is 17.2. The van der Waals surface area contributed by atoms with Crippen molar-refractivity contribution >= 4 is 22.7 Å². The molecule has 4 aromatic carbocycles. The first kappa shape index (κ1) is 69.9. The van der Waals surface area contributed by atoms with Gasteiger partial charge in [0.1, 0.15) is 0 Å². The Morgan fingerprint density at radius 3 is 1.07 bits per heavy atom. The highest BCUT2D eigenvalue weighted by Gasteiger charge is 2.27. The lowest BCUT2D eigenvalue weighted by Gasteiger charge is -2.32. The highest BCUT2D eigenvalue weighted by Crippen LogP contribution is 2.38. The largest absolute Gasteiger partial charge is 0.363 e. The van der Waals surface area contributed by atoms with Crippen molar-refractivity contribution in [3.05, 3.63) is 218 Å². The number of pyridine rings is 3. The zero-order chi connectivity index (χ0) is 64.2. The third kappa shape index (κ3) is 21.3. The van der Waals surface area contributed by atoms with Gasteiger partial charge in [-0.1, -0.05) is 182 Å². The van der Waals surface area contributed by atoms with Gasteiger partial charge < -0.3 is 24.2 Å². The Hall–Kier alpha value is -6.95. The smallest absolute Gasteiger partial charge is 0.269 e. The molecule has 1 aliphatic rings. The van der Waals surface area contributed by atoms with E-state index in [1.54, 1.807) is 6.07 Å². The van der Waals surface area contributed by atoms with Crippen LogP contribution in [-0.2, 0) is 74.4 Å². The Labute approximate surface area is 548 Å². The van der Waals surface area contributed by atoms with Gasteiger partial charge in [0, 0.05) is 111 Å². The van der Waals surface area contributed by atoms with Crippen LogP contribution in [0.1, 0.15) is 226 Å². The van der Waals surface area contributed by atoms with Gasteiger partial charge in [0.25, 0.3) is 5.69 Å². The molecule has 0 aliphatic carbocycles. The maximum atomic E-state index is 12.6. The molecule has 1 aliphatic heterocycles. The molecule has 3 aromatic heterocycles. The van der Waals surface area contributed by atoms with Gasteiger partial charge in [-0.2, -0.15) is 0 Å². The molecule has 11 heteroatoms. The Morgan fingerprint density at radius 2 is 0.725 bits per heavy atom. The molecule has 91 heavy (non-hydrogen) atoms. The second-order valence-electron chi connectivity index (χ2n) is 26.2. The summed E-state index contributed by atoms with van der Waals surface area (Å²) >= 11 is 0. The Bertz CT molecular complexity index is 3230. The van der Waals surface area contributed by atoms with E-state index in [1.165, 1.54) is 114 Å². The number of non-ortho nitro benzene ring substituents is 1. The topological polar surface area (TPSA) is 110 Å². The van der Waals surface area contributed by atoms with E-state index < -0.39 is 0 Å². The lowest BCUT2D eigenvalue weighted by atomic mass is 9.88. The van der Waals surface area contributed by atoms with Crippen LogP contribution in [0.2, 0.25) is 0 Å². The zero-order valence-corrected chi connectivity index (χ0v) is 56.8. The number of nitrogens with zero attached hydrogens (tertiary/aromatic N) is 7. The van der Waals surface area contributed by atoms with Crippen molar-refractivity contribution in [2.75, 3.05) is 27.9 Å². The SMILES string of the molecule is CCCCC(CC)Cc1ccc(N(Cc2ccncc2)Cc2cc([N+](=O)[O-])ccc2CC(CC)CCCC)cc1CN(Cc1ccncc1)c1ccc(CC(CC)CCCC)c(CN(Cc2ccncc2)c2ccc(CC(CC)CCCC)c(C3OCCO3)c2)c1. The number of rotatable bonds is 41. The number of ether oxygens (including phenoxy) is 2. The number of nitro groups is 1. The van der Waals surface area contributed by atoms with Crippen LogP contribution in [-0.4, -0.2) is 33.1 Å². The monoisotopic (exact) mass is 1230 g/mol. The summed E-state index contributed by atoms with van der Waals surface area (Å²) in [4.78, 5) is 33.3. The van der Waals surface area contributed by atoms with E-state index in [0.29, 0.717) is 76.2 Å². The third-order valence-corrected chi connectivity index (χ3v) is 19.5. The summed E-state index contributed by atoms with van der Waals surface area (Å²) in [7, 11) is 0. The first-order valence-electron chi connectivity index (χ1n) is 35.3. The first-order chi connectivity index (χ1) is 44.5. The van der Waals surface area contributed by atoms with Crippen molar-refractivity contribution in [3.8, 4) is 0 Å². The molecule has 488 valence electrons. The number of hydrogen-bond acceptors (Lipinski definition) is 10. The molecule has 0 saturated carbocycles. The molecule has 4 unspecified atom stereocenters. The molecule has 1 saturated heterocycles. The van der Waals surface area contributed by atoms with Crippen LogP contribution in [0.3, 0.4) is 0 Å². The van der Waals surface area contributed by atoms with E-state index in [1.807, 2.05) is 49.3 Å². The van der Waals surface area contributed by atoms with Crippen molar-refractivity contribution < 1.29 is 14.4 Å². The fraction of sp³-hybridized carbons (Fsp3) is 0.512.